The number of morpholine rings is 1. The van der Waals surface area contributed by atoms with Crippen LogP contribution < -0.4 is 0 Å². The topological polar surface area (TPSA) is 66.2 Å². The minimum absolute atomic E-state index is 0.0274. The number of aromatic nitrogens is 1. The van der Waals surface area contributed by atoms with Gasteiger partial charge in [-0.2, -0.15) is 5.26 Å². The third-order valence-corrected chi connectivity index (χ3v) is 5.07. The third kappa shape index (κ3) is 3.70. The quantitative estimate of drug-likeness (QED) is 0.674. The van der Waals surface area contributed by atoms with E-state index in [1.807, 2.05) is 41.3 Å². The van der Waals surface area contributed by atoms with Gasteiger partial charge in [0.1, 0.15) is 0 Å². The molecule has 1 saturated heterocycles. The van der Waals surface area contributed by atoms with Crippen LogP contribution >= 0.6 is 11.6 Å². The van der Waals surface area contributed by atoms with Crippen molar-refractivity contribution in [2.75, 3.05) is 26.3 Å². The van der Waals surface area contributed by atoms with Crippen LogP contribution in [0.3, 0.4) is 0 Å². The van der Waals surface area contributed by atoms with Crippen LogP contribution in [0.15, 0.2) is 48.5 Å². The number of nitrogens with zero attached hydrogens (tertiary/aromatic N) is 3. The van der Waals surface area contributed by atoms with E-state index in [1.165, 1.54) is 0 Å². The van der Waals surface area contributed by atoms with Gasteiger partial charge in [-0.1, -0.05) is 41.9 Å². The fourth-order valence-electron chi connectivity index (χ4n) is 3.35. The maximum atomic E-state index is 13.2. The normalized spacial score (nSPS) is 14.1. The van der Waals surface area contributed by atoms with Crippen LogP contribution in [0.5, 0.6) is 0 Å². The van der Waals surface area contributed by atoms with Crippen molar-refractivity contribution in [2.24, 2.45) is 0 Å². The van der Waals surface area contributed by atoms with Gasteiger partial charge in [-0.25, -0.2) is 4.98 Å². The molecule has 1 aliphatic rings. The molecular weight excluding hydrogens is 374 g/mol. The molecule has 0 saturated carbocycles. The number of amides is 1. The van der Waals surface area contributed by atoms with Gasteiger partial charge in [0.2, 0.25) is 0 Å². The number of rotatable bonds is 3. The second-order valence-electron chi connectivity index (χ2n) is 6.65. The van der Waals surface area contributed by atoms with Gasteiger partial charge in [0, 0.05) is 29.1 Å². The van der Waals surface area contributed by atoms with Crippen molar-refractivity contribution in [1.82, 2.24) is 9.88 Å². The van der Waals surface area contributed by atoms with Gasteiger partial charge in [-0.15, -0.1) is 0 Å². The molecule has 0 aliphatic carbocycles. The lowest BCUT2D eigenvalue weighted by Gasteiger charge is -2.27. The molecular formula is C22H18ClN3O2. The first kappa shape index (κ1) is 18.4. The number of hydrogen-bond acceptors (Lipinski definition) is 4. The van der Waals surface area contributed by atoms with Crippen LogP contribution in [0, 0.1) is 11.3 Å². The molecule has 6 heteroatoms. The van der Waals surface area contributed by atoms with Crippen molar-refractivity contribution in [1.29, 1.82) is 5.26 Å². The number of carbonyl (C=O) groups is 1. The van der Waals surface area contributed by atoms with E-state index < -0.39 is 0 Å². The number of carbonyl (C=O) groups excluding carboxylic acids is 1. The van der Waals surface area contributed by atoms with Gasteiger partial charge in [0.25, 0.3) is 5.91 Å². The van der Waals surface area contributed by atoms with Crippen molar-refractivity contribution in [2.45, 2.75) is 6.42 Å². The summed E-state index contributed by atoms with van der Waals surface area (Å²) in [6, 6.07) is 17.1. The number of nitriles is 1. The number of ether oxygens (including phenoxy) is 1. The molecule has 4 rings (SSSR count). The van der Waals surface area contributed by atoms with Crippen molar-refractivity contribution in [3.63, 3.8) is 0 Å². The van der Waals surface area contributed by atoms with Gasteiger partial charge in [-0.3, -0.25) is 4.79 Å². The van der Waals surface area contributed by atoms with E-state index >= 15 is 0 Å². The summed E-state index contributed by atoms with van der Waals surface area (Å²) in [5.74, 6) is -0.0274. The van der Waals surface area contributed by atoms with Gasteiger partial charge in [0.15, 0.2) is 0 Å². The van der Waals surface area contributed by atoms with Gasteiger partial charge >= 0.3 is 0 Å². The number of pyridine rings is 1. The standard InChI is InChI=1S/C22H18ClN3O2/c23-17-5-6-18-19(22(27)26-9-11-28-12-10-26)14-20(25-21(18)13-17)16-3-1-15(2-4-16)7-8-24/h1-6,13-14H,7,9-12H2. The number of fused-ring (bicyclic) bond motifs is 1. The lowest BCUT2D eigenvalue weighted by atomic mass is 10.0. The SMILES string of the molecule is N#CCc1ccc(-c2cc(C(=O)N3CCOCC3)c3ccc(Cl)cc3n2)cc1. The van der Waals surface area contributed by atoms with Crippen LogP contribution in [-0.4, -0.2) is 42.1 Å². The number of halogens is 1. The Hall–Kier alpha value is -2.94. The van der Waals surface area contributed by atoms with E-state index in [9.17, 15) is 4.79 Å². The Balaban J connectivity index is 1.81. The summed E-state index contributed by atoms with van der Waals surface area (Å²) >= 11 is 6.17. The Kier molecular flexibility index (Phi) is 5.25. The van der Waals surface area contributed by atoms with Crippen LogP contribution in [0.25, 0.3) is 22.2 Å². The predicted molar refractivity (Wildman–Crippen MR) is 108 cm³/mol. The van der Waals surface area contributed by atoms with Crippen LogP contribution in [0.1, 0.15) is 15.9 Å². The van der Waals surface area contributed by atoms with E-state index in [0.717, 1.165) is 16.5 Å². The van der Waals surface area contributed by atoms with Gasteiger partial charge in [-0.05, 0) is 23.8 Å². The Morgan fingerprint density at radius 3 is 2.61 bits per heavy atom. The Morgan fingerprint density at radius 1 is 1.14 bits per heavy atom. The van der Waals surface area contributed by atoms with Gasteiger partial charge < -0.3 is 9.64 Å². The zero-order valence-electron chi connectivity index (χ0n) is 15.2. The molecule has 2 aromatic carbocycles. The molecule has 1 fully saturated rings. The van der Waals surface area contributed by atoms with E-state index in [1.54, 1.807) is 12.1 Å². The predicted octanol–water partition coefficient (Wildman–Crippen LogP) is 4.09. The maximum absolute atomic E-state index is 13.2. The first-order chi connectivity index (χ1) is 13.7. The largest absolute Gasteiger partial charge is 0.378 e. The van der Waals surface area contributed by atoms with Crippen LogP contribution in [0.4, 0.5) is 0 Å². The summed E-state index contributed by atoms with van der Waals surface area (Å²) in [5, 5.41) is 10.2. The lowest BCUT2D eigenvalue weighted by molar-refractivity contribution is 0.0304. The summed E-state index contributed by atoms with van der Waals surface area (Å²) in [7, 11) is 0. The fraction of sp³-hybridized carbons (Fsp3) is 0.227. The second-order valence-corrected chi connectivity index (χ2v) is 7.09. The Morgan fingerprint density at radius 2 is 1.89 bits per heavy atom. The number of hydrogen-bond donors (Lipinski definition) is 0. The number of benzene rings is 2. The minimum Gasteiger partial charge on any atom is -0.378 e. The molecule has 140 valence electrons. The van der Waals surface area contributed by atoms with Gasteiger partial charge in [0.05, 0.1) is 42.5 Å². The van der Waals surface area contributed by atoms with Crippen LogP contribution in [0.2, 0.25) is 5.02 Å². The molecule has 5 nitrogen and oxygen atoms in total. The first-order valence-corrected chi connectivity index (χ1v) is 9.47. The molecule has 0 bridgehead atoms. The average molecular weight is 392 g/mol. The summed E-state index contributed by atoms with van der Waals surface area (Å²) in [5.41, 5.74) is 3.83. The monoisotopic (exact) mass is 391 g/mol. The molecule has 0 unspecified atom stereocenters. The van der Waals surface area contributed by atoms with Crippen molar-refractivity contribution in [3.8, 4) is 17.3 Å². The highest BCUT2D eigenvalue weighted by Crippen LogP contribution is 2.28. The molecule has 2 heterocycles. The Labute approximate surface area is 168 Å². The highest BCUT2D eigenvalue weighted by molar-refractivity contribution is 6.31. The molecule has 0 N–H and O–H groups in total. The summed E-state index contributed by atoms with van der Waals surface area (Å²) in [6.07, 6.45) is 0.363. The van der Waals surface area contributed by atoms with Crippen LogP contribution in [-0.2, 0) is 11.2 Å². The molecule has 1 amide bonds. The fourth-order valence-corrected chi connectivity index (χ4v) is 3.51. The van der Waals surface area contributed by atoms with E-state index in [2.05, 4.69) is 6.07 Å². The van der Waals surface area contributed by atoms with Crippen molar-refractivity contribution >= 4 is 28.4 Å². The zero-order valence-corrected chi connectivity index (χ0v) is 15.9. The van der Waals surface area contributed by atoms with E-state index in [-0.39, 0.29) is 5.91 Å². The third-order valence-electron chi connectivity index (χ3n) is 4.83. The van der Waals surface area contributed by atoms with Crippen molar-refractivity contribution < 1.29 is 9.53 Å². The van der Waals surface area contributed by atoms with E-state index in [4.69, 9.17) is 26.6 Å². The molecule has 3 aromatic rings. The lowest BCUT2D eigenvalue weighted by Crippen LogP contribution is -2.40. The molecule has 0 atom stereocenters. The second kappa shape index (κ2) is 7.97. The van der Waals surface area contributed by atoms with E-state index in [0.29, 0.717) is 54.5 Å². The molecule has 0 radical (unpaired) electrons. The highest BCUT2D eigenvalue weighted by Gasteiger charge is 2.22. The smallest absolute Gasteiger partial charge is 0.254 e. The summed E-state index contributed by atoms with van der Waals surface area (Å²) in [6.45, 7) is 2.25. The minimum atomic E-state index is -0.0274. The summed E-state index contributed by atoms with van der Waals surface area (Å²) in [4.78, 5) is 19.7. The van der Waals surface area contributed by atoms with Crippen molar-refractivity contribution in [3.05, 3.63) is 64.7 Å². The first-order valence-electron chi connectivity index (χ1n) is 9.09. The Bertz CT molecular complexity index is 1070. The average Bonchev–Trinajstić information content (AvgIpc) is 2.73. The molecule has 28 heavy (non-hydrogen) atoms. The zero-order chi connectivity index (χ0) is 19.5. The molecule has 1 aliphatic heterocycles. The molecule has 0 spiro atoms. The maximum Gasteiger partial charge on any atom is 0.254 e. The highest BCUT2D eigenvalue weighted by atomic mass is 35.5. The summed E-state index contributed by atoms with van der Waals surface area (Å²) < 4.78 is 5.37. The molecule has 1 aromatic heterocycles.